The van der Waals surface area contributed by atoms with E-state index in [9.17, 15) is 9.90 Å². The minimum Gasteiger partial charge on any atom is -0.480 e. The van der Waals surface area contributed by atoms with Crippen molar-refractivity contribution < 1.29 is 19.7 Å². The van der Waals surface area contributed by atoms with Crippen molar-refractivity contribution in [2.24, 2.45) is 5.73 Å². The molecule has 1 aliphatic heterocycles. The second-order valence-electron chi connectivity index (χ2n) is 3.91. The minimum absolute atomic E-state index is 0.165. The third-order valence-electron chi connectivity index (χ3n) is 2.56. The van der Waals surface area contributed by atoms with Crippen LogP contribution in [0.5, 0.6) is 0 Å². The van der Waals surface area contributed by atoms with Crippen LogP contribution in [0.4, 0.5) is 0 Å². The summed E-state index contributed by atoms with van der Waals surface area (Å²) in [6.07, 6.45) is 1.14. The summed E-state index contributed by atoms with van der Waals surface area (Å²) >= 11 is 0. The lowest BCUT2D eigenvalue weighted by Crippen LogP contribution is -2.49. The lowest BCUT2D eigenvalue weighted by atomic mass is 9.94. The van der Waals surface area contributed by atoms with Gasteiger partial charge < -0.3 is 26.0 Å². The average molecular weight is 218 g/mol. The third-order valence-corrected chi connectivity index (χ3v) is 2.56. The fourth-order valence-corrected chi connectivity index (χ4v) is 1.48. The number of aliphatic hydroxyl groups is 1. The largest absolute Gasteiger partial charge is 0.480 e. The van der Waals surface area contributed by atoms with Gasteiger partial charge in [-0.15, -0.1) is 0 Å². The Morgan fingerprint density at radius 3 is 2.67 bits per heavy atom. The van der Waals surface area contributed by atoms with Crippen LogP contribution in [0.1, 0.15) is 12.8 Å². The number of nitrogens with one attached hydrogen (secondary N) is 1. The average Bonchev–Trinajstić information content (AvgIpc) is 2.18. The van der Waals surface area contributed by atoms with Crippen molar-refractivity contribution in [2.45, 2.75) is 24.5 Å². The zero-order valence-electron chi connectivity index (χ0n) is 8.61. The van der Waals surface area contributed by atoms with Crippen LogP contribution in [-0.2, 0) is 9.53 Å². The zero-order valence-corrected chi connectivity index (χ0v) is 8.61. The molecule has 0 aromatic rings. The number of nitrogens with two attached hydrogens (primary N) is 1. The normalized spacial score (nSPS) is 22.3. The maximum atomic E-state index is 10.4. The van der Waals surface area contributed by atoms with Crippen LogP contribution in [0, 0.1) is 0 Å². The monoisotopic (exact) mass is 218 g/mol. The van der Waals surface area contributed by atoms with Crippen LogP contribution in [0.2, 0.25) is 0 Å². The van der Waals surface area contributed by atoms with Crippen LogP contribution in [0.3, 0.4) is 0 Å². The second kappa shape index (κ2) is 5.41. The topological polar surface area (TPSA) is 105 Å². The molecule has 1 unspecified atom stereocenters. The second-order valence-corrected chi connectivity index (χ2v) is 3.91. The van der Waals surface area contributed by atoms with Crippen LogP contribution < -0.4 is 11.1 Å². The van der Waals surface area contributed by atoms with Crippen molar-refractivity contribution >= 4 is 5.97 Å². The van der Waals surface area contributed by atoms with E-state index in [1.807, 2.05) is 0 Å². The molecule has 88 valence electrons. The van der Waals surface area contributed by atoms with Gasteiger partial charge >= 0.3 is 5.97 Å². The molecule has 0 aromatic carbocycles. The summed E-state index contributed by atoms with van der Waals surface area (Å²) in [6.45, 7) is 1.61. The van der Waals surface area contributed by atoms with Gasteiger partial charge in [-0.1, -0.05) is 0 Å². The summed E-state index contributed by atoms with van der Waals surface area (Å²) in [6, 6.07) is -0.923. The van der Waals surface area contributed by atoms with E-state index in [1.54, 1.807) is 0 Å². The van der Waals surface area contributed by atoms with E-state index in [0.29, 0.717) is 32.6 Å². The van der Waals surface area contributed by atoms with E-state index >= 15 is 0 Å². The Balaban J connectivity index is 2.21. The molecule has 1 atom stereocenters. The van der Waals surface area contributed by atoms with Crippen LogP contribution in [0.15, 0.2) is 0 Å². The molecule has 15 heavy (non-hydrogen) atoms. The highest BCUT2D eigenvalue weighted by Crippen LogP contribution is 2.18. The van der Waals surface area contributed by atoms with Crippen molar-refractivity contribution in [3.63, 3.8) is 0 Å². The van der Waals surface area contributed by atoms with Crippen molar-refractivity contribution in [3.8, 4) is 0 Å². The molecule has 6 heteroatoms. The predicted molar refractivity (Wildman–Crippen MR) is 53.5 cm³/mol. The molecule has 0 amide bonds. The van der Waals surface area contributed by atoms with Gasteiger partial charge in [0, 0.05) is 39.1 Å². The Labute approximate surface area is 88.4 Å². The highest BCUT2D eigenvalue weighted by Gasteiger charge is 2.29. The van der Waals surface area contributed by atoms with Crippen molar-refractivity contribution in [1.29, 1.82) is 0 Å². The Hall–Kier alpha value is -0.690. The Morgan fingerprint density at radius 2 is 2.13 bits per heavy atom. The summed E-state index contributed by atoms with van der Waals surface area (Å²) in [5.74, 6) is -1.04. The predicted octanol–water partition coefficient (Wildman–Crippen LogP) is -1.47. The summed E-state index contributed by atoms with van der Waals surface area (Å²) < 4.78 is 5.12. The first-order valence-corrected chi connectivity index (χ1v) is 5.03. The van der Waals surface area contributed by atoms with Gasteiger partial charge in [0.25, 0.3) is 0 Å². The number of hydrogen-bond donors (Lipinski definition) is 4. The fraction of sp³-hybridized carbons (Fsp3) is 0.889. The zero-order chi connectivity index (χ0) is 11.3. The van der Waals surface area contributed by atoms with Gasteiger partial charge in [0.1, 0.15) is 6.04 Å². The number of hydrogen-bond acceptors (Lipinski definition) is 5. The van der Waals surface area contributed by atoms with Gasteiger partial charge in [-0.25, -0.2) is 0 Å². The molecule has 6 nitrogen and oxygen atoms in total. The van der Waals surface area contributed by atoms with Gasteiger partial charge in [0.2, 0.25) is 0 Å². The highest BCUT2D eigenvalue weighted by molar-refractivity contribution is 5.73. The molecule has 1 heterocycles. The maximum Gasteiger partial charge on any atom is 0.321 e. The van der Waals surface area contributed by atoms with Gasteiger partial charge in [0.05, 0.1) is 5.60 Å². The van der Waals surface area contributed by atoms with E-state index in [0.717, 1.165) is 0 Å². The molecule has 1 saturated heterocycles. The molecule has 1 rings (SSSR count). The van der Waals surface area contributed by atoms with E-state index in [4.69, 9.17) is 15.6 Å². The van der Waals surface area contributed by atoms with Gasteiger partial charge in [-0.2, -0.15) is 0 Å². The number of rotatable bonds is 5. The van der Waals surface area contributed by atoms with Crippen LogP contribution >= 0.6 is 0 Å². The van der Waals surface area contributed by atoms with Gasteiger partial charge in [-0.05, 0) is 0 Å². The fourth-order valence-electron chi connectivity index (χ4n) is 1.48. The number of carbonyl (C=O) groups is 1. The van der Waals surface area contributed by atoms with E-state index in [1.165, 1.54) is 0 Å². The molecule has 5 N–H and O–H groups in total. The Kier molecular flexibility index (Phi) is 4.46. The lowest BCUT2D eigenvalue weighted by Gasteiger charge is -2.32. The summed E-state index contributed by atoms with van der Waals surface area (Å²) in [5.41, 5.74) is 4.53. The standard InChI is InChI=1S/C9H18N2O4/c10-7(8(12)13)5-11-6-9(14)1-3-15-4-2-9/h7,11,14H,1-6,10H2,(H,12,13). The van der Waals surface area contributed by atoms with E-state index < -0.39 is 17.6 Å². The first-order valence-electron chi connectivity index (χ1n) is 5.03. The van der Waals surface area contributed by atoms with Crippen molar-refractivity contribution in [1.82, 2.24) is 5.32 Å². The molecule has 1 aliphatic rings. The maximum absolute atomic E-state index is 10.4. The molecule has 0 aromatic heterocycles. The van der Waals surface area contributed by atoms with Crippen LogP contribution in [0.25, 0.3) is 0 Å². The molecular weight excluding hydrogens is 200 g/mol. The van der Waals surface area contributed by atoms with Crippen molar-refractivity contribution in [3.05, 3.63) is 0 Å². The first-order chi connectivity index (χ1) is 7.03. The molecule has 0 radical (unpaired) electrons. The SMILES string of the molecule is NC(CNCC1(O)CCOCC1)C(=O)O. The minimum atomic E-state index is -1.04. The smallest absolute Gasteiger partial charge is 0.321 e. The Morgan fingerprint density at radius 1 is 1.53 bits per heavy atom. The van der Waals surface area contributed by atoms with E-state index in [-0.39, 0.29) is 6.54 Å². The molecule has 0 bridgehead atoms. The Bertz CT molecular complexity index is 216. The summed E-state index contributed by atoms with van der Waals surface area (Å²) in [4.78, 5) is 10.4. The van der Waals surface area contributed by atoms with Crippen molar-refractivity contribution in [2.75, 3.05) is 26.3 Å². The molecule has 0 saturated carbocycles. The quantitative estimate of drug-likeness (QED) is 0.449. The van der Waals surface area contributed by atoms with Gasteiger partial charge in [-0.3, -0.25) is 4.79 Å². The number of aliphatic carboxylic acids is 1. The molecule has 1 fully saturated rings. The number of carboxylic acids is 1. The summed E-state index contributed by atoms with van der Waals surface area (Å²) in [7, 11) is 0. The number of carboxylic acid groups (broad SMARTS) is 1. The molecule has 0 aliphatic carbocycles. The molecule has 0 spiro atoms. The van der Waals surface area contributed by atoms with Gasteiger partial charge in [0.15, 0.2) is 0 Å². The lowest BCUT2D eigenvalue weighted by molar-refractivity contribution is -0.138. The van der Waals surface area contributed by atoms with Crippen LogP contribution in [-0.4, -0.2) is 54.1 Å². The third kappa shape index (κ3) is 4.13. The summed E-state index contributed by atoms with van der Waals surface area (Å²) in [5, 5.41) is 21.4. The number of ether oxygens (including phenoxy) is 1. The first kappa shape index (κ1) is 12.4. The highest BCUT2D eigenvalue weighted by atomic mass is 16.5. The van der Waals surface area contributed by atoms with E-state index in [2.05, 4.69) is 5.32 Å². The molecular formula is C9H18N2O4.